The van der Waals surface area contributed by atoms with Crippen molar-refractivity contribution in [1.29, 1.82) is 0 Å². The van der Waals surface area contributed by atoms with Gasteiger partial charge in [-0.15, -0.1) is 0 Å². The number of anilines is 1. The Morgan fingerprint density at radius 1 is 1.47 bits per heavy atom. The first kappa shape index (κ1) is 13.4. The maximum Gasteiger partial charge on any atom is 0.274 e. The fourth-order valence-corrected chi connectivity index (χ4v) is 1.36. The summed E-state index contributed by atoms with van der Waals surface area (Å²) in [6, 6.07) is 5.58. The first-order valence-electron chi connectivity index (χ1n) is 5.57. The first-order chi connectivity index (χ1) is 7.91. The Bertz CT molecular complexity index is 405. The highest BCUT2D eigenvalue weighted by Gasteiger charge is 2.11. The van der Waals surface area contributed by atoms with E-state index in [1.165, 1.54) is 0 Å². The van der Waals surface area contributed by atoms with Crippen LogP contribution in [0, 0.1) is 17.0 Å². The molecule has 5 nitrogen and oxygen atoms in total. The molecular weight excluding hydrogens is 218 g/mol. The number of rotatable bonds is 5. The van der Waals surface area contributed by atoms with Crippen LogP contribution in [0.1, 0.15) is 12.5 Å². The van der Waals surface area contributed by atoms with Crippen LogP contribution in [-0.2, 0) is 0 Å². The van der Waals surface area contributed by atoms with E-state index in [0.29, 0.717) is 11.6 Å². The lowest BCUT2D eigenvalue weighted by Crippen LogP contribution is -2.31. The van der Waals surface area contributed by atoms with Crippen molar-refractivity contribution >= 4 is 11.4 Å². The lowest BCUT2D eigenvalue weighted by molar-refractivity contribution is -0.385. The number of aryl methyl sites for hydroxylation is 1. The van der Waals surface area contributed by atoms with Crippen LogP contribution in [0.3, 0.4) is 0 Å². The average Bonchev–Trinajstić information content (AvgIpc) is 2.26. The van der Waals surface area contributed by atoms with Gasteiger partial charge in [-0.3, -0.25) is 10.1 Å². The van der Waals surface area contributed by atoms with Crippen LogP contribution in [0.25, 0.3) is 0 Å². The van der Waals surface area contributed by atoms with Crippen LogP contribution in [0.2, 0.25) is 0 Å². The van der Waals surface area contributed by atoms with Gasteiger partial charge in [0.2, 0.25) is 0 Å². The Labute approximate surface area is 102 Å². The molecule has 94 valence electrons. The van der Waals surface area contributed by atoms with E-state index in [1.54, 1.807) is 19.1 Å². The SMILES string of the molecule is Cc1ccc(NCC(C)N(C)C)cc1[N+](=O)[O-]. The van der Waals surface area contributed by atoms with Crippen LogP contribution in [0.15, 0.2) is 18.2 Å². The molecule has 0 amide bonds. The van der Waals surface area contributed by atoms with Gasteiger partial charge in [-0.2, -0.15) is 0 Å². The third kappa shape index (κ3) is 3.71. The van der Waals surface area contributed by atoms with Gasteiger partial charge in [0.25, 0.3) is 5.69 Å². The summed E-state index contributed by atoms with van der Waals surface area (Å²) in [6.45, 7) is 4.59. The van der Waals surface area contributed by atoms with E-state index < -0.39 is 0 Å². The van der Waals surface area contributed by atoms with Crippen LogP contribution in [0.5, 0.6) is 0 Å². The van der Waals surface area contributed by atoms with Crippen molar-refractivity contribution in [2.24, 2.45) is 0 Å². The van der Waals surface area contributed by atoms with Gasteiger partial charge < -0.3 is 10.2 Å². The molecule has 1 aromatic rings. The van der Waals surface area contributed by atoms with E-state index in [4.69, 9.17) is 0 Å². The number of likely N-dealkylation sites (N-methyl/N-ethyl adjacent to an activating group) is 1. The van der Waals surface area contributed by atoms with Crippen molar-refractivity contribution in [3.63, 3.8) is 0 Å². The van der Waals surface area contributed by atoms with Gasteiger partial charge in [-0.05, 0) is 34.0 Å². The van der Waals surface area contributed by atoms with Crippen molar-refractivity contribution < 1.29 is 4.92 Å². The molecule has 1 N–H and O–H groups in total. The van der Waals surface area contributed by atoms with Crippen LogP contribution in [-0.4, -0.2) is 36.5 Å². The van der Waals surface area contributed by atoms with E-state index in [9.17, 15) is 10.1 Å². The standard InChI is InChI=1S/C12H19N3O2/c1-9-5-6-11(7-12(9)15(16)17)13-8-10(2)14(3)4/h5-7,10,13H,8H2,1-4H3. The molecule has 0 spiro atoms. The molecule has 0 saturated heterocycles. The van der Waals surface area contributed by atoms with Gasteiger partial charge in [-0.25, -0.2) is 0 Å². The van der Waals surface area contributed by atoms with Crippen molar-refractivity contribution in [1.82, 2.24) is 4.90 Å². The van der Waals surface area contributed by atoms with Crippen molar-refractivity contribution in [3.8, 4) is 0 Å². The molecule has 17 heavy (non-hydrogen) atoms. The summed E-state index contributed by atoms with van der Waals surface area (Å²) in [5.74, 6) is 0. The molecule has 5 heteroatoms. The van der Waals surface area contributed by atoms with E-state index in [-0.39, 0.29) is 10.6 Å². The summed E-state index contributed by atoms with van der Waals surface area (Å²) in [6.07, 6.45) is 0. The van der Waals surface area contributed by atoms with Crippen LogP contribution < -0.4 is 5.32 Å². The molecular formula is C12H19N3O2. The monoisotopic (exact) mass is 237 g/mol. The maximum atomic E-state index is 10.8. The Hall–Kier alpha value is -1.62. The first-order valence-corrected chi connectivity index (χ1v) is 5.57. The molecule has 0 radical (unpaired) electrons. The van der Waals surface area contributed by atoms with Gasteiger partial charge in [0, 0.05) is 29.9 Å². The highest BCUT2D eigenvalue weighted by atomic mass is 16.6. The lowest BCUT2D eigenvalue weighted by atomic mass is 10.2. The predicted molar refractivity (Wildman–Crippen MR) is 69.5 cm³/mol. The second kappa shape index (κ2) is 5.63. The Balaban J connectivity index is 2.73. The van der Waals surface area contributed by atoms with Gasteiger partial charge in [0.15, 0.2) is 0 Å². The van der Waals surface area contributed by atoms with Gasteiger partial charge in [-0.1, -0.05) is 6.07 Å². The number of nitrogens with zero attached hydrogens (tertiary/aromatic N) is 2. The number of hydrogen-bond acceptors (Lipinski definition) is 4. The molecule has 0 aliphatic rings. The van der Waals surface area contributed by atoms with Crippen molar-refractivity contribution in [2.75, 3.05) is 26.0 Å². The molecule has 0 heterocycles. The predicted octanol–water partition coefficient (Wildman–Crippen LogP) is 2.27. The third-order valence-corrected chi connectivity index (χ3v) is 2.89. The minimum Gasteiger partial charge on any atom is -0.383 e. The zero-order valence-corrected chi connectivity index (χ0v) is 10.7. The number of benzene rings is 1. The van der Waals surface area contributed by atoms with E-state index in [0.717, 1.165) is 12.2 Å². The smallest absolute Gasteiger partial charge is 0.274 e. The molecule has 0 aromatic heterocycles. The van der Waals surface area contributed by atoms with E-state index in [1.807, 2.05) is 20.2 Å². The quantitative estimate of drug-likeness (QED) is 0.630. The second-order valence-corrected chi connectivity index (χ2v) is 4.45. The number of nitro benzene ring substituents is 1. The normalized spacial score (nSPS) is 12.5. The van der Waals surface area contributed by atoms with Gasteiger partial charge in [0.05, 0.1) is 4.92 Å². The van der Waals surface area contributed by atoms with E-state index >= 15 is 0 Å². The zero-order chi connectivity index (χ0) is 13.0. The van der Waals surface area contributed by atoms with Crippen LogP contribution in [0.4, 0.5) is 11.4 Å². The number of nitro groups is 1. The molecule has 1 aromatic carbocycles. The van der Waals surface area contributed by atoms with E-state index in [2.05, 4.69) is 17.1 Å². The average molecular weight is 237 g/mol. The van der Waals surface area contributed by atoms with Gasteiger partial charge in [0.1, 0.15) is 0 Å². The molecule has 0 saturated carbocycles. The minimum atomic E-state index is -0.351. The topological polar surface area (TPSA) is 58.4 Å². The minimum absolute atomic E-state index is 0.160. The lowest BCUT2D eigenvalue weighted by Gasteiger charge is -2.20. The third-order valence-electron chi connectivity index (χ3n) is 2.89. The Morgan fingerprint density at radius 2 is 2.12 bits per heavy atom. The van der Waals surface area contributed by atoms with Gasteiger partial charge >= 0.3 is 0 Å². The van der Waals surface area contributed by atoms with Crippen LogP contribution >= 0.6 is 0 Å². The summed E-state index contributed by atoms with van der Waals surface area (Å²) in [5.41, 5.74) is 1.63. The largest absolute Gasteiger partial charge is 0.383 e. The molecule has 0 aliphatic heterocycles. The summed E-state index contributed by atoms with van der Waals surface area (Å²) < 4.78 is 0. The molecule has 0 fully saturated rings. The zero-order valence-electron chi connectivity index (χ0n) is 10.7. The fourth-order valence-electron chi connectivity index (χ4n) is 1.36. The molecule has 1 rings (SSSR count). The second-order valence-electron chi connectivity index (χ2n) is 4.45. The van der Waals surface area contributed by atoms with Crippen molar-refractivity contribution in [3.05, 3.63) is 33.9 Å². The Kier molecular flexibility index (Phi) is 4.45. The maximum absolute atomic E-state index is 10.8. The molecule has 0 aliphatic carbocycles. The number of hydrogen-bond donors (Lipinski definition) is 1. The summed E-state index contributed by atoms with van der Waals surface area (Å²) in [7, 11) is 4.01. The highest BCUT2D eigenvalue weighted by molar-refractivity contribution is 5.54. The Morgan fingerprint density at radius 3 is 2.65 bits per heavy atom. The van der Waals surface area contributed by atoms with Crippen molar-refractivity contribution in [2.45, 2.75) is 19.9 Å². The highest BCUT2D eigenvalue weighted by Crippen LogP contribution is 2.22. The molecule has 0 bridgehead atoms. The summed E-state index contributed by atoms with van der Waals surface area (Å²) in [5, 5.41) is 14.0. The summed E-state index contributed by atoms with van der Waals surface area (Å²) in [4.78, 5) is 12.5. The number of nitrogens with one attached hydrogen (secondary N) is 1. The molecule has 1 atom stereocenters. The molecule has 1 unspecified atom stereocenters. The fraction of sp³-hybridized carbons (Fsp3) is 0.500. The summed E-state index contributed by atoms with van der Waals surface area (Å²) >= 11 is 0.